The van der Waals surface area contributed by atoms with Crippen LogP contribution < -0.4 is 14.9 Å². The molecular weight excluding hydrogens is 378 g/mol. The van der Waals surface area contributed by atoms with E-state index in [0.717, 1.165) is 16.9 Å². The second kappa shape index (κ2) is 10.4. The number of carbonyl (C=O) groups is 1. The molecule has 1 N–H and O–H groups in total. The van der Waals surface area contributed by atoms with Gasteiger partial charge >= 0.3 is 0 Å². The molecule has 6 heteroatoms. The lowest BCUT2D eigenvalue weighted by molar-refractivity contribution is -0.123. The van der Waals surface area contributed by atoms with Crippen molar-refractivity contribution in [2.75, 3.05) is 6.61 Å². The van der Waals surface area contributed by atoms with E-state index >= 15 is 0 Å². The number of hydrazone groups is 1. The van der Waals surface area contributed by atoms with Gasteiger partial charge in [0, 0.05) is 0 Å². The molecule has 0 radical (unpaired) electrons. The van der Waals surface area contributed by atoms with E-state index in [4.69, 9.17) is 14.7 Å². The molecule has 3 aromatic carbocycles. The van der Waals surface area contributed by atoms with Crippen molar-refractivity contribution in [3.8, 4) is 17.6 Å². The van der Waals surface area contributed by atoms with Crippen LogP contribution in [-0.2, 0) is 11.4 Å². The van der Waals surface area contributed by atoms with E-state index in [0.29, 0.717) is 17.9 Å². The molecule has 3 aromatic rings. The number of hydrogen-bond donors (Lipinski definition) is 1. The summed E-state index contributed by atoms with van der Waals surface area (Å²) in [5.41, 5.74) is 6.09. The third-order valence-corrected chi connectivity index (χ3v) is 4.16. The summed E-state index contributed by atoms with van der Waals surface area (Å²) >= 11 is 0. The van der Waals surface area contributed by atoms with Gasteiger partial charge in [0.2, 0.25) is 0 Å². The summed E-state index contributed by atoms with van der Waals surface area (Å²) in [7, 11) is 0. The quantitative estimate of drug-likeness (QED) is 0.459. The van der Waals surface area contributed by atoms with Crippen molar-refractivity contribution >= 4 is 12.1 Å². The molecular formula is C24H21N3O3. The minimum atomic E-state index is -0.381. The highest BCUT2D eigenvalue weighted by molar-refractivity contribution is 5.83. The summed E-state index contributed by atoms with van der Waals surface area (Å²) in [4.78, 5) is 11.8. The van der Waals surface area contributed by atoms with Crippen molar-refractivity contribution < 1.29 is 14.3 Å². The molecule has 0 fully saturated rings. The number of ether oxygens (including phenoxy) is 2. The van der Waals surface area contributed by atoms with Crippen LogP contribution in [0.4, 0.5) is 0 Å². The Kier molecular flexibility index (Phi) is 7.17. The first-order valence-electron chi connectivity index (χ1n) is 9.36. The summed E-state index contributed by atoms with van der Waals surface area (Å²) < 4.78 is 11.1. The van der Waals surface area contributed by atoms with E-state index in [1.54, 1.807) is 30.5 Å². The van der Waals surface area contributed by atoms with Gasteiger partial charge in [0.15, 0.2) is 6.61 Å². The predicted molar refractivity (Wildman–Crippen MR) is 114 cm³/mol. The Labute approximate surface area is 175 Å². The highest BCUT2D eigenvalue weighted by atomic mass is 16.5. The van der Waals surface area contributed by atoms with Crippen molar-refractivity contribution in [2.45, 2.75) is 13.5 Å². The summed E-state index contributed by atoms with van der Waals surface area (Å²) in [6.45, 7) is 2.38. The van der Waals surface area contributed by atoms with Crippen LogP contribution in [0.1, 0.15) is 22.3 Å². The molecule has 0 aromatic heterocycles. The van der Waals surface area contributed by atoms with Gasteiger partial charge < -0.3 is 9.47 Å². The number of rotatable bonds is 8. The second-order valence-electron chi connectivity index (χ2n) is 6.56. The summed E-state index contributed by atoms with van der Waals surface area (Å²) in [6, 6.07) is 24.2. The number of nitrogens with one attached hydrogen (secondary N) is 1. The number of carbonyl (C=O) groups excluding carboxylic acids is 1. The Morgan fingerprint density at radius 1 is 0.967 bits per heavy atom. The van der Waals surface area contributed by atoms with Gasteiger partial charge in [0.05, 0.1) is 17.8 Å². The molecule has 0 unspecified atom stereocenters. The highest BCUT2D eigenvalue weighted by Crippen LogP contribution is 2.14. The van der Waals surface area contributed by atoms with Crippen molar-refractivity contribution in [1.82, 2.24) is 5.43 Å². The summed E-state index contributed by atoms with van der Waals surface area (Å²) in [6.07, 6.45) is 1.55. The zero-order valence-corrected chi connectivity index (χ0v) is 16.5. The zero-order chi connectivity index (χ0) is 21.2. The number of hydrogen-bond acceptors (Lipinski definition) is 5. The van der Waals surface area contributed by atoms with Crippen LogP contribution in [-0.4, -0.2) is 18.7 Å². The van der Waals surface area contributed by atoms with Gasteiger partial charge in [-0.25, -0.2) is 5.43 Å². The topological polar surface area (TPSA) is 83.7 Å². The largest absolute Gasteiger partial charge is 0.489 e. The first kappa shape index (κ1) is 20.6. The molecule has 0 saturated carbocycles. The Morgan fingerprint density at radius 3 is 2.27 bits per heavy atom. The molecule has 150 valence electrons. The van der Waals surface area contributed by atoms with Gasteiger partial charge in [-0.3, -0.25) is 4.79 Å². The normalized spacial score (nSPS) is 10.4. The van der Waals surface area contributed by atoms with E-state index in [9.17, 15) is 4.79 Å². The highest BCUT2D eigenvalue weighted by Gasteiger charge is 2.02. The van der Waals surface area contributed by atoms with Crippen LogP contribution in [0.2, 0.25) is 0 Å². The fourth-order valence-corrected chi connectivity index (χ4v) is 2.49. The van der Waals surface area contributed by atoms with Crippen molar-refractivity contribution in [1.29, 1.82) is 5.26 Å². The molecule has 0 aliphatic carbocycles. The molecule has 0 spiro atoms. The van der Waals surface area contributed by atoms with Crippen LogP contribution in [0, 0.1) is 18.3 Å². The average molecular weight is 399 g/mol. The van der Waals surface area contributed by atoms with Crippen LogP contribution in [0.3, 0.4) is 0 Å². The van der Waals surface area contributed by atoms with E-state index < -0.39 is 0 Å². The lowest BCUT2D eigenvalue weighted by Crippen LogP contribution is -2.24. The Morgan fingerprint density at radius 2 is 1.60 bits per heavy atom. The van der Waals surface area contributed by atoms with Crippen LogP contribution >= 0.6 is 0 Å². The molecule has 0 aliphatic heterocycles. The van der Waals surface area contributed by atoms with Gasteiger partial charge in [-0.15, -0.1) is 0 Å². The van der Waals surface area contributed by atoms with Gasteiger partial charge in [-0.1, -0.05) is 29.8 Å². The number of nitriles is 1. The molecule has 0 aliphatic rings. The van der Waals surface area contributed by atoms with Crippen LogP contribution in [0.15, 0.2) is 77.9 Å². The Bertz CT molecular complexity index is 1040. The van der Waals surface area contributed by atoms with Gasteiger partial charge in [-0.05, 0) is 66.6 Å². The molecule has 3 rings (SSSR count). The van der Waals surface area contributed by atoms with Gasteiger partial charge in [0.1, 0.15) is 18.1 Å². The number of nitrogens with zero attached hydrogens (tertiary/aromatic N) is 2. The Balaban J connectivity index is 1.41. The van der Waals surface area contributed by atoms with Crippen molar-refractivity contribution in [3.63, 3.8) is 0 Å². The minimum absolute atomic E-state index is 0.172. The lowest BCUT2D eigenvalue weighted by Gasteiger charge is -2.07. The van der Waals surface area contributed by atoms with Gasteiger partial charge in [0.25, 0.3) is 5.91 Å². The maximum atomic E-state index is 11.8. The monoisotopic (exact) mass is 399 g/mol. The number of amides is 1. The molecule has 6 nitrogen and oxygen atoms in total. The predicted octanol–water partition coefficient (Wildman–Crippen LogP) is 3.97. The third kappa shape index (κ3) is 6.50. The fraction of sp³-hybridized carbons (Fsp3) is 0.125. The van der Waals surface area contributed by atoms with Gasteiger partial charge in [-0.2, -0.15) is 10.4 Å². The first-order chi connectivity index (χ1) is 14.6. The van der Waals surface area contributed by atoms with Crippen LogP contribution in [0.25, 0.3) is 0 Å². The van der Waals surface area contributed by atoms with Crippen molar-refractivity contribution in [3.05, 3.63) is 95.1 Å². The molecule has 1 amide bonds. The molecule has 0 atom stereocenters. The third-order valence-electron chi connectivity index (χ3n) is 4.16. The van der Waals surface area contributed by atoms with E-state index in [2.05, 4.69) is 29.6 Å². The average Bonchev–Trinajstić information content (AvgIpc) is 2.78. The SMILES string of the molecule is Cc1ccc(COc2ccc(/C=N\NC(=O)COc3ccc(C#N)cc3)cc2)cc1. The number of benzene rings is 3. The maximum Gasteiger partial charge on any atom is 0.277 e. The molecule has 0 saturated heterocycles. The Hall–Kier alpha value is -4.11. The molecule has 30 heavy (non-hydrogen) atoms. The molecule has 0 bridgehead atoms. The summed E-state index contributed by atoms with van der Waals surface area (Å²) in [5.74, 6) is 0.885. The first-order valence-corrected chi connectivity index (χ1v) is 9.36. The van der Waals surface area contributed by atoms with Crippen LogP contribution in [0.5, 0.6) is 11.5 Å². The summed E-state index contributed by atoms with van der Waals surface area (Å²) in [5, 5.41) is 12.7. The minimum Gasteiger partial charge on any atom is -0.489 e. The van der Waals surface area contributed by atoms with E-state index in [1.807, 2.05) is 42.5 Å². The van der Waals surface area contributed by atoms with Crippen molar-refractivity contribution in [2.24, 2.45) is 5.10 Å². The standard InChI is InChI=1S/C24H21N3O3/c1-18-2-4-21(5-3-18)16-29-22-12-8-20(9-13-22)15-26-27-24(28)17-30-23-10-6-19(14-25)7-11-23/h2-13,15H,16-17H2,1H3,(H,27,28)/b26-15-. The number of aryl methyl sites for hydroxylation is 1. The van der Waals surface area contributed by atoms with E-state index in [-0.39, 0.29) is 12.5 Å². The smallest absolute Gasteiger partial charge is 0.277 e. The fourth-order valence-electron chi connectivity index (χ4n) is 2.49. The zero-order valence-electron chi connectivity index (χ0n) is 16.5. The molecule has 0 heterocycles. The van der Waals surface area contributed by atoms with E-state index in [1.165, 1.54) is 5.56 Å². The second-order valence-corrected chi connectivity index (χ2v) is 6.56. The maximum absolute atomic E-state index is 11.8. The lowest BCUT2D eigenvalue weighted by atomic mass is 10.2.